The maximum atomic E-state index is 13.4. The normalized spacial score (nSPS) is 14.6. The van der Waals surface area contributed by atoms with Crippen LogP contribution >= 0.6 is 0 Å². The molecule has 0 aromatic heterocycles. The predicted octanol–water partition coefficient (Wildman–Crippen LogP) is 2.18. The first kappa shape index (κ1) is 13.8. The average Bonchev–Trinajstić information content (AvgIpc) is 2.15. The number of halogens is 2. The summed E-state index contributed by atoms with van der Waals surface area (Å²) in [6, 6.07) is 2.56. The summed E-state index contributed by atoms with van der Waals surface area (Å²) in [5.74, 6) is -3.46. The van der Waals surface area contributed by atoms with Crippen LogP contribution in [0.1, 0.15) is 13.8 Å². The van der Waals surface area contributed by atoms with E-state index in [4.69, 9.17) is 5.11 Å². The van der Waals surface area contributed by atoms with Gasteiger partial charge in [-0.2, -0.15) is 0 Å². The molecule has 3 nitrogen and oxygen atoms in total. The number of hydrogen-bond donors (Lipinski definition) is 1. The molecule has 0 saturated heterocycles. The van der Waals surface area contributed by atoms with E-state index in [9.17, 15) is 17.8 Å². The van der Waals surface area contributed by atoms with Crippen LogP contribution < -0.4 is 0 Å². The molecular formula is C11H12F2O3S. The van der Waals surface area contributed by atoms with Gasteiger partial charge in [0, 0.05) is 6.07 Å². The fraction of sp³-hybridized carbons (Fsp3) is 0.364. The van der Waals surface area contributed by atoms with Gasteiger partial charge in [-0.15, -0.1) is 0 Å². The van der Waals surface area contributed by atoms with Gasteiger partial charge in [-0.1, -0.05) is 13.8 Å². The molecule has 1 aromatic carbocycles. The molecule has 0 saturated carbocycles. The predicted molar refractivity (Wildman–Crippen MR) is 59.0 cm³/mol. The van der Waals surface area contributed by atoms with Crippen LogP contribution in [0.25, 0.3) is 0 Å². The maximum Gasteiger partial charge on any atom is 0.319 e. The summed E-state index contributed by atoms with van der Waals surface area (Å²) in [6.07, 6.45) is 0. The van der Waals surface area contributed by atoms with E-state index in [1.165, 1.54) is 0 Å². The highest BCUT2D eigenvalue weighted by Crippen LogP contribution is 2.21. The third kappa shape index (κ3) is 3.09. The smallest absolute Gasteiger partial charge is 0.319 e. The molecule has 0 spiro atoms. The van der Waals surface area contributed by atoms with Gasteiger partial charge in [0.25, 0.3) is 0 Å². The zero-order valence-electron chi connectivity index (χ0n) is 9.31. The highest BCUT2D eigenvalue weighted by molar-refractivity contribution is 7.86. The first-order valence-electron chi connectivity index (χ1n) is 4.93. The van der Waals surface area contributed by atoms with Gasteiger partial charge in [0.15, 0.2) is 0 Å². The Hall–Kier alpha value is -1.30. The minimum Gasteiger partial charge on any atom is -0.480 e. The van der Waals surface area contributed by atoms with E-state index < -0.39 is 39.6 Å². The van der Waals surface area contributed by atoms with Crippen LogP contribution in [0.2, 0.25) is 0 Å². The molecule has 0 radical (unpaired) electrons. The van der Waals surface area contributed by atoms with E-state index in [2.05, 4.69) is 0 Å². The van der Waals surface area contributed by atoms with E-state index in [0.717, 1.165) is 12.1 Å². The number of rotatable bonds is 4. The monoisotopic (exact) mass is 262 g/mol. The van der Waals surface area contributed by atoms with Crippen LogP contribution in [0.4, 0.5) is 8.78 Å². The molecule has 0 fully saturated rings. The number of benzene rings is 1. The number of hydrogen-bond acceptors (Lipinski definition) is 2. The lowest BCUT2D eigenvalue weighted by molar-refractivity contribution is -0.137. The Kier molecular flexibility index (Phi) is 4.34. The van der Waals surface area contributed by atoms with Crippen LogP contribution in [0.3, 0.4) is 0 Å². The molecule has 0 amide bonds. The van der Waals surface area contributed by atoms with Crippen molar-refractivity contribution in [3.8, 4) is 0 Å². The number of carbonyl (C=O) groups is 1. The van der Waals surface area contributed by atoms with Gasteiger partial charge in [-0.25, -0.2) is 8.78 Å². The SMILES string of the molecule is CC(C)C(C(=O)O)S(=O)c1ccc(F)cc1F. The van der Waals surface area contributed by atoms with E-state index in [-0.39, 0.29) is 4.90 Å². The Bertz CT molecular complexity index is 460. The molecule has 94 valence electrons. The number of carboxylic acids is 1. The Morgan fingerprint density at radius 1 is 1.35 bits per heavy atom. The van der Waals surface area contributed by atoms with Crippen LogP contribution in [0, 0.1) is 17.6 Å². The van der Waals surface area contributed by atoms with Crippen molar-refractivity contribution in [1.82, 2.24) is 0 Å². The topological polar surface area (TPSA) is 54.4 Å². The minimum atomic E-state index is -2.04. The molecule has 0 aliphatic heterocycles. The Balaban J connectivity index is 3.14. The third-order valence-electron chi connectivity index (χ3n) is 2.19. The second kappa shape index (κ2) is 5.35. The molecule has 0 heterocycles. The second-order valence-electron chi connectivity index (χ2n) is 3.88. The molecule has 1 N–H and O–H groups in total. The van der Waals surface area contributed by atoms with E-state index in [1.807, 2.05) is 0 Å². The third-order valence-corrected chi connectivity index (χ3v) is 4.16. The van der Waals surface area contributed by atoms with Crippen molar-refractivity contribution >= 4 is 16.8 Å². The van der Waals surface area contributed by atoms with Crippen molar-refractivity contribution in [2.24, 2.45) is 5.92 Å². The largest absolute Gasteiger partial charge is 0.480 e. The van der Waals surface area contributed by atoms with Crippen LogP contribution in [-0.4, -0.2) is 20.5 Å². The second-order valence-corrected chi connectivity index (χ2v) is 5.42. The van der Waals surface area contributed by atoms with Crippen molar-refractivity contribution in [1.29, 1.82) is 0 Å². The lowest BCUT2D eigenvalue weighted by Gasteiger charge is -2.15. The van der Waals surface area contributed by atoms with E-state index >= 15 is 0 Å². The molecule has 0 bridgehead atoms. The van der Waals surface area contributed by atoms with Gasteiger partial charge in [-0.3, -0.25) is 9.00 Å². The van der Waals surface area contributed by atoms with E-state index in [1.54, 1.807) is 13.8 Å². The average molecular weight is 262 g/mol. The maximum absolute atomic E-state index is 13.4. The van der Waals surface area contributed by atoms with Gasteiger partial charge in [0.05, 0.1) is 15.7 Å². The number of aliphatic carboxylic acids is 1. The van der Waals surface area contributed by atoms with Gasteiger partial charge in [0.1, 0.15) is 16.9 Å². The molecule has 2 atom stereocenters. The zero-order chi connectivity index (χ0) is 13.2. The fourth-order valence-electron chi connectivity index (χ4n) is 1.40. The minimum absolute atomic E-state index is 0.285. The van der Waals surface area contributed by atoms with Gasteiger partial charge in [0.2, 0.25) is 0 Å². The van der Waals surface area contributed by atoms with Crippen molar-refractivity contribution in [2.45, 2.75) is 24.0 Å². The standard InChI is InChI=1S/C11H12F2O3S/c1-6(2)10(11(14)15)17(16)9-4-3-7(12)5-8(9)13/h3-6,10H,1-2H3,(H,14,15). The fourth-order valence-corrected chi connectivity index (χ4v) is 2.80. The molecule has 2 unspecified atom stereocenters. The van der Waals surface area contributed by atoms with Crippen molar-refractivity contribution < 1.29 is 22.9 Å². The summed E-state index contributed by atoms with van der Waals surface area (Å²) in [5.41, 5.74) is 0. The van der Waals surface area contributed by atoms with Crippen LogP contribution in [0.15, 0.2) is 23.1 Å². The van der Waals surface area contributed by atoms with Gasteiger partial charge >= 0.3 is 5.97 Å². The quantitative estimate of drug-likeness (QED) is 0.904. The molecule has 1 aromatic rings. The lowest BCUT2D eigenvalue weighted by atomic mass is 10.1. The summed E-state index contributed by atoms with van der Waals surface area (Å²) in [6.45, 7) is 3.16. The van der Waals surface area contributed by atoms with E-state index in [0.29, 0.717) is 6.07 Å². The highest BCUT2D eigenvalue weighted by Gasteiger charge is 2.30. The molecule has 0 aliphatic carbocycles. The lowest BCUT2D eigenvalue weighted by Crippen LogP contribution is -2.31. The molecule has 1 rings (SSSR count). The Morgan fingerprint density at radius 2 is 1.94 bits per heavy atom. The van der Waals surface area contributed by atoms with Crippen molar-refractivity contribution in [2.75, 3.05) is 0 Å². The van der Waals surface area contributed by atoms with Gasteiger partial charge in [-0.05, 0) is 18.1 Å². The first-order valence-corrected chi connectivity index (χ1v) is 6.14. The number of carboxylic acid groups (broad SMARTS) is 1. The summed E-state index contributed by atoms with van der Waals surface area (Å²) in [4.78, 5) is 10.7. The van der Waals surface area contributed by atoms with Crippen LogP contribution in [-0.2, 0) is 15.6 Å². The summed E-state index contributed by atoms with van der Waals surface area (Å²) in [5, 5.41) is 7.72. The highest BCUT2D eigenvalue weighted by atomic mass is 32.2. The summed E-state index contributed by atoms with van der Waals surface area (Å²) >= 11 is 0. The van der Waals surface area contributed by atoms with Crippen LogP contribution in [0.5, 0.6) is 0 Å². The Labute approximate surface area is 99.9 Å². The zero-order valence-corrected chi connectivity index (χ0v) is 10.1. The summed E-state index contributed by atoms with van der Waals surface area (Å²) < 4.78 is 38.0. The summed E-state index contributed by atoms with van der Waals surface area (Å²) in [7, 11) is -2.04. The molecule has 17 heavy (non-hydrogen) atoms. The van der Waals surface area contributed by atoms with Gasteiger partial charge < -0.3 is 5.11 Å². The van der Waals surface area contributed by atoms with Crippen molar-refractivity contribution in [3.05, 3.63) is 29.8 Å². The van der Waals surface area contributed by atoms with Crippen molar-refractivity contribution in [3.63, 3.8) is 0 Å². The first-order chi connectivity index (χ1) is 7.84. The Morgan fingerprint density at radius 3 is 2.35 bits per heavy atom. The molecule has 6 heteroatoms. The molecule has 0 aliphatic rings. The molecular weight excluding hydrogens is 250 g/mol.